The summed E-state index contributed by atoms with van der Waals surface area (Å²) in [6, 6.07) is 14.2. The highest BCUT2D eigenvalue weighted by atomic mass is 16.5. The van der Waals surface area contributed by atoms with Gasteiger partial charge in [-0.25, -0.2) is 0 Å². The van der Waals surface area contributed by atoms with E-state index in [1.807, 2.05) is 50.2 Å². The third-order valence-electron chi connectivity index (χ3n) is 7.65. The molecule has 1 N–H and O–H groups in total. The van der Waals surface area contributed by atoms with Crippen molar-refractivity contribution < 1.29 is 19.1 Å². The lowest BCUT2D eigenvalue weighted by Crippen LogP contribution is -2.67. The van der Waals surface area contributed by atoms with Crippen molar-refractivity contribution in [1.82, 2.24) is 14.8 Å². The van der Waals surface area contributed by atoms with Crippen LogP contribution < -0.4 is 9.47 Å². The third-order valence-corrected chi connectivity index (χ3v) is 7.65. The quantitative estimate of drug-likeness (QED) is 0.630. The summed E-state index contributed by atoms with van der Waals surface area (Å²) in [5, 5.41) is 1.07. The molecule has 1 saturated heterocycles. The van der Waals surface area contributed by atoms with Crippen LogP contribution in [0.25, 0.3) is 10.9 Å². The van der Waals surface area contributed by atoms with Gasteiger partial charge in [0.15, 0.2) is 17.0 Å². The number of benzene rings is 2. The molecule has 0 spiro atoms. The first-order valence-corrected chi connectivity index (χ1v) is 12.0. The topological polar surface area (TPSA) is 74.9 Å². The number of carbonyl (C=O) groups is 2. The molecule has 2 aromatic carbocycles. The smallest absolute Gasteiger partial charge is 0.255 e. The Balaban J connectivity index is 1.61. The maximum atomic E-state index is 13.9. The monoisotopic (exact) mass is 459 g/mol. The molecule has 1 aliphatic carbocycles. The Morgan fingerprint density at radius 2 is 1.91 bits per heavy atom. The number of hydrogen-bond donors (Lipinski definition) is 1. The van der Waals surface area contributed by atoms with Crippen LogP contribution in [-0.4, -0.2) is 59.4 Å². The summed E-state index contributed by atoms with van der Waals surface area (Å²) in [6.07, 6.45) is 1.94. The van der Waals surface area contributed by atoms with Crippen LogP contribution in [0.4, 0.5) is 0 Å². The summed E-state index contributed by atoms with van der Waals surface area (Å²) in [7, 11) is 1.63. The Kier molecular flexibility index (Phi) is 4.66. The molecule has 7 heteroatoms. The van der Waals surface area contributed by atoms with Gasteiger partial charge in [0.25, 0.3) is 5.91 Å². The molecular weight excluding hydrogens is 430 g/mol. The average molecular weight is 460 g/mol. The molecular formula is C27H29N3O4. The van der Waals surface area contributed by atoms with Crippen LogP contribution in [0.3, 0.4) is 0 Å². The summed E-state index contributed by atoms with van der Waals surface area (Å²) in [5.41, 5.74) is 2.72. The van der Waals surface area contributed by atoms with Gasteiger partial charge in [0.2, 0.25) is 5.91 Å². The number of methoxy groups -OCH3 is 1. The number of H-pyrrole nitrogens is 1. The van der Waals surface area contributed by atoms with E-state index in [0.29, 0.717) is 24.7 Å². The molecule has 0 radical (unpaired) electrons. The van der Waals surface area contributed by atoms with E-state index in [2.05, 4.69) is 11.1 Å². The number of ether oxygens (including phenoxy) is 2. The van der Waals surface area contributed by atoms with E-state index in [1.165, 1.54) is 0 Å². The zero-order valence-corrected chi connectivity index (χ0v) is 19.8. The molecule has 6 rings (SSSR count). The van der Waals surface area contributed by atoms with Gasteiger partial charge in [0.1, 0.15) is 6.54 Å². The number of fused-ring (bicyclic) bond motifs is 5. The van der Waals surface area contributed by atoms with Gasteiger partial charge >= 0.3 is 0 Å². The molecule has 0 bridgehead atoms. The fourth-order valence-corrected chi connectivity index (χ4v) is 5.86. The van der Waals surface area contributed by atoms with Crippen LogP contribution in [0.2, 0.25) is 0 Å². The summed E-state index contributed by atoms with van der Waals surface area (Å²) in [4.78, 5) is 34.6. The highest BCUT2D eigenvalue weighted by Gasteiger charge is 2.58. The number of aromatic nitrogens is 1. The molecule has 2 amide bonds. The van der Waals surface area contributed by atoms with Crippen LogP contribution >= 0.6 is 0 Å². The average Bonchev–Trinajstić information content (AvgIpc) is 3.61. The lowest BCUT2D eigenvalue weighted by Gasteiger charge is -2.51. The molecule has 2 aliphatic heterocycles. The molecule has 34 heavy (non-hydrogen) atoms. The first-order chi connectivity index (χ1) is 16.5. The molecule has 1 saturated carbocycles. The number of aromatic amines is 1. The number of amides is 2. The van der Waals surface area contributed by atoms with Gasteiger partial charge in [-0.1, -0.05) is 30.3 Å². The predicted molar refractivity (Wildman–Crippen MR) is 128 cm³/mol. The Hall–Kier alpha value is -3.48. The molecule has 1 aromatic heterocycles. The Bertz CT molecular complexity index is 1310. The van der Waals surface area contributed by atoms with Gasteiger partial charge in [0, 0.05) is 35.0 Å². The van der Waals surface area contributed by atoms with Crippen LogP contribution in [0.5, 0.6) is 11.5 Å². The SMILES string of the molecule is CCOc1c(OC)cccc1C1CN2C(=O)CN(C3CC3)C(=O)[C@]2(C)c2[nH]c3ccccc3c21. The zero-order valence-electron chi connectivity index (χ0n) is 19.8. The van der Waals surface area contributed by atoms with Gasteiger partial charge in [-0.2, -0.15) is 0 Å². The highest BCUT2D eigenvalue weighted by Crippen LogP contribution is 2.51. The van der Waals surface area contributed by atoms with Crippen molar-refractivity contribution in [2.24, 2.45) is 0 Å². The maximum Gasteiger partial charge on any atom is 0.255 e. The van der Waals surface area contributed by atoms with Crippen LogP contribution in [0, 0.1) is 0 Å². The molecule has 3 aromatic rings. The van der Waals surface area contributed by atoms with Crippen molar-refractivity contribution in [2.75, 3.05) is 26.8 Å². The number of nitrogens with one attached hydrogen (secondary N) is 1. The molecule has 176 valence electrons. The van der Waals surface area contributed by atoms with Crippen molar-refractivity contribution >= 4 is 22.7 Å². The maximum absolute atomic E-state index is 13.9. The lowest BCUT2D eigenvalue weighted by molar-refractivity contribution is -0.166. The Labute approximate surface area is 198 Å². The van der Waals surface area contributed by atoms with Gasteiger partial charge < -0.3 is 24.3 Å². The van der Waals surface area contributed by atoms with Gasteiger partial charge in [-0.05, 0) is 44.4 Å². The van der Waals surface area contributed by atoms with E-state index in [0.717, 1.165) is 40.6 Å². The van der Waals surface area contributed by atoms with Crippen molar-refractivity contribution in [1.29, 1.82) is 0 Å². The van der Waals surface area contributed by atoms with E-state index < -0.39 is 5.54 Å². The van der Waals surface area contributed by atoms with Crippen LogP contribution in [-0.2, 0) is 15.1 Å². The Morgan fingerprint density at radius 3 is 2.65 bits per heavy atom. The molecule has 2 atom stereocenters. The number of carbonyl (C=O) groups excluding carboxylic acids is 2. The predicted octanol–water partition coefficient (Wildman–Crippen LogP) is 3.77. The van der Waals surface area contributed by atoms with Gasteiger partial charge in [0.05, 0.1) is 19.4 Å². The largest absolute Gasteiger partial charge is 0.493 e. The van der Waals surface area contributed by atoms with E-state index in [1.54, 1.807) is 16.9 Å². The van der Waals surface area contributed by atoms with Crippen molar-refractivity contribution in [2.45, 2.75) is 44.2 Å². The Morgan fingerprint density at radius 1 is 1.12 bits per heavy atom. The fourth-order valence-electron chi connectivity index (χ4n) is 5.86. The van der Waals surface area contributed by atoms with E-state index >= 15 is 0 Å². The van der Waals surface area contributed by atoms with Crippen molar-refractivity contribution in [3.8, 4) is 11.5 Å². The molecule has 3 aliphatic rings. The zero-order chi connectivity index (χ0) is 23.6. The lowest BCUT2D eigenvalue weighted by atomic mass is 9.76. The molecule has 7 nitrogen and oxygen atoms in total. The minimum Gasteiger partial charge on any atom is -0.493 e. The number of nitrogens with zero attached hydrogens (tertiary/aromatic N) is 2. The molecule has 1 unspecified atom stereocenters. The normalized spacial score (nSPS) is 24.3. The first-order valence-electron chi connectivity index (χ1n) is 12.0. The van der Waals surface area contributed by atoms with E-state index in [4.69, 9.17) is 9.47 Å². The molecule has 3 heterocycles. The summed E-state index contributed by atoms with van der Waals surface area (Å²) < 4.78 is 11.7. The second kappa shape index (κ2) is 7.52. The van der Waals surface area contributed by atoms with Crippen LogP contribution in [0.15, 0.2) is 42.5 Å². The van der Waals surface area contributed by atoms with Crippen LogP contribution in [0.1, 0.15) is 49.4 Å². The second-order valence-electron chi connectivity index (χ2n) is 9.56. The van der Waals surface area contributed by atoms with Crippen molar-refractivity contribution in [3.05, 3.63) is 59.3 Å². The number of rotatable bonds is 5. The summed E-state index contributed by atoms with van der Waals surface area (Å²) in [5.74, 6) is 1.18. The van der Waals surface area contributed by atoms with Crippen molar-refractivity contribution in [3.63, 3.8) is 0 Å². The summed E-state index contributed by atoms with van der Waals surface area (Å²) >= 11 is 0. The fraction of sp³-hybridized carbons (Fsp3) is 0.407. The number of piperazine rings is 1. The van der Waals surface area contributed by atoms with Gasteiger partial charge in [-0.3, -0.25) is 9.59 Å². The minimum atomic E-state index is -1.06. The summed E-state index contributed by atoms with van der Waals surface area (Å²) in [6.45, 7) is 4.90. The number of hydrogen-bond acceptors (Lipinski definition) is 4. The minimum absolute atomic E-state index is 0.0100. The number of para-hydroxylation sites is 2. The standard InChI is InChI=1S/C27H29N3O4/c1-4-34-24-17(9-7-11-21(24)33-3)19-14-30-22(31)15-29(16-12-13-16)26(32)27(30,2)25-23(19)18-8-5-6-10-20(18)28-25/h5-11,16,19,28H,4,12-15H2,1-3H3/t19?,27-/m0/s1. The molecule has 2 fully saturated rings. The third kappa shape index (κ3) is 2.82. The highest BCUT2D eigenvalue weighted by molar-refractivity contribution is 6.01. The van der Waals surface area contributed by atoms with Gasteiger partial charge in [-0.15, -0.1) is 0 Å². The van der Waals surface area contributed by atoms with E-state index in [-0.39, 0.29) is 30.3 Å². The first kappa shape index (κ1) is 21.1. The second-order valence-corrected chi connectivity index (χ2v) is 9.56. The van der Waals surface area contributed by atoms with E-state index in [9.17, 15) is 9.59 Å².